The van der Waals surface area contributed by atoms with Gasteiger partial charge in [0.15, 0.2) is 0 Å². The molecule has 0 rings (SSSR count). The number of methoxy groups -OCH3 is 1. The Morgan fingerprint density at radius 1 is 1.53 bits per heavy atom. The Kier molecular flexibility index (Phi) is 8.22. The first kappa shape index (κ1) is 14.3. The zero-order chi connectivity index (χ0) is 11.7. The van der Waals surface area contributed by atoms with E-state index in [9.17, 15) is 9.00 Å². The SMILES string of the molecule is CCC(=CCNCCS(C)=O)C(=O)OC. The summed E-state index contributed by atoms with van der Waals surface area (Å²) in [5.41, 5.74) is 0.669. The van der Waals surface area contributed by atoms with E-state index in [0.29, 0.717) is 30.8 Å². The average Bonchev–Trinajstić information content (AvgIpc) is 2.22. The summed E-state index contributed by atoms with van der Waals surface area (Å²) in [7, 11) is 0.608. The van der Waals surface area contributed by atoms with Crippen LogP contribution < -0.4 is 5.32 Å². The predicted molar refractivity (Wildman–Crippen MR) is 62.2 cm³/mol. The molecule has 0 fully saturated rings. The molecule has 1 N–H and O–H groups in total. The van der Waals surface area contributed by atoms with Gasteiger partial charge >= 0.3 is 5.97 Å². The first-order valence-corrected chi connectivity index (χ1v) is 6.62. The maximum Gasteiger partial charge on any atom is 0.333 e. The van der Waals surface area contributed by atoms with Crippen molar-refractivity contribution in [2.24, 2.45) is 0 Å². The Morgan fingerprint density at radius 3 is 2.67 bits per heavy atom. The molecule has 4 nitrogen and oxygen atoms in total. The molecule has 0 aromatic rings. The number of hydrogen-bond donors (Lipinski definition) is 1. The summed E-state index contributed by atoms with van der Waals surface area (Å²) in [6.45, 7) is 3.21. The average molecular weight is 233 g/mol. The summed E-state index contributed by atoms with van der Waals surface area (Å²) in [5, 5.41) is 3.08. The number of ether oxygens (including phenoxy) is 1. The predicted octanol–water partition coefficient (Wildman–Crippen LogP) is 0.464. The van der Waals surface area contributed by atoms with Crippen LogP contribution in [0.15, 0.2) is 11.6 Å². The van der Waals surface area contributed by atoms with Gasteiger partial charge in [0.05, 0.1) is 7.11 Å². The van der Waals surface area contributed by atoms with E-state index in [4.69, 9.17) is 0 Å². The molecule has 1 unspecified atom stereocenters. The van der Waals surface area contributed by atoms with Crippen molar-refractivity contribution in [3.8, 4) is 0 Å². The van der Waals surface area contributed by atoms with Gasteiger partial charge in [-0.3, -0.25) is 4.21 Å². The molecule has 0 heterocycles. The highest BCUT2D eigenvalue weighted by molar-refractivity contribution is 7.84. The number of carbonyl (C=O) groups excluding carboxylic acids is 1. The van der Waals surface area contributed by atoms with Gasteiger partial charge in [0, 0.05) is 41.5 Å². The van der Waals surface area contributed by atoms with Gasteiger partial charge < -0.3 is 10.1 Å². The molecule has 0 aliphatic heterocycles. The van der Waals surface area contributed by atoms with E-state index >= 15 is 0 Å². The molecule has 0 aromatic heterocycles. The van der Waals surface area contributed by atoms with Crippen molar-refractivity contribution < 1.29 is 13.7 Å². The Balaban J connectivity index is 3.81. The fraction of sp³-hybridized carbons (Fsp3) is 0.700. The minimum absolute atomic E-state index is 0.279. The lowest BCUT2D eigenvalue weighted by Crippen LogP contribution is -2.21. The smallest absolute Gasteiger partial charge is 0.333 e. The molecule has 0 aliphatic rings. The standard InChI is InChI=1S/C10H19NO3S/c1-4-9(10(12)14-2)5-6-11-7-8-15(3)13/h5,11H,4,6-8H2,1-3H3. The summed E-state index contributed by atoms with van der Waals surface area (Å²) < 4.78 is 15.3. The van der Waals surface area contributed by atoms with Crippen molar-refractivity contribution in [2.45, 2.75) is 13.3 Å². The molecule has 0 amide bonds. The second kappa shape index (κ2) is 8.61. The molecule has 0 aliphatic carbocycles. The van der Waals surface area contributed by atoms with Crippen LogP contribution in [0.4, 0.5) is 0 Å². The Bertz CT molecular complexity index is 251. The quantitative estimate of drug-likeness (QED) is 0.394. The van der Waals surface area contributed by atoms with Gasteiger partial charge in [-0.25, -0.2) is 4.79 Å². The molecule has 0 bridgehead atoms. The minimum Gasteiger partial charge on any atom is -0.466 e. The number of rotatable bonds is 7. The lowest BCUT2D eigenvalue weighted by atomic mass is 10.2. The number of hydrogen-bond acceptors (Lipinski definition) is 4. The third-order valence-corrected chi connectivity index (χ3v) is 2.67. The fourth-order valence-corrected chi connectivity index (χ4v) is 1.45. The van der Waals surface area contributed by atoms with Gasteiger partial charge in [-0.05, 0) is 6.42 Å². The van der Waals surface area contributed by atoms with E-state index in [-0.39, 0.29) is 5.97 Å². The van der Waals surface area contributed by atoms with Gasteiger partial charge in [-0.2, -0.15) is 0 Å². The van der Waals surface area contributed by atoms with E-state index in [1.807, 2.05) is 13.0 Å². The van der Waals surface area contributed by atoms with Crippen molar-refractivity contribution in [2.75, 3.05) is 32.2 Å². The minimum atomic E-state index is -0.767. The number of nitrogens with one attached hydrogen (secondary N) is 1. The number of carbonyl (C=O) groups is 1. The van der Waals surface area contributed by atoms with Crippen LogP contribution in [0.5, 0.6) is 0 Å². The normalized spacial score (nSPS) is 13.7. The van der Waals surface area contributed by atoms with Gasteiger partial charge in [0.2, 0.25) is 0 Å². The third-order valence-electron chi connectivity index (χ3n) is 1.89. The molecule has 15 heavy (non-hydrogen) atoms. The lowest BCUT2D eigenvalue weighted by Gasteiger charge is -2.03. The summed E-state index contributed by atoms with van der Waals surface area (Å²) in [5.74, 6) is 0.353. The van der Waals surface area contributed by atoms with Crippen LogP contribution in [-0.2, 0) is 20.3 Å². The molecular weight excluding hydrogens is 214 g/mol. The van der Waals surface area contributed by atoms with Crippen molar-refractivity contribution in [3.63, 3.8) is 0 Å². The first-order valence-electron chi connectivity index (χ1n) is 4.89. The monoisotopic (exact) mass is 233 g/mol. The van der Waals surface area contributed by atoms with Crippen molar-refractivity contribution in [1.82, 2.24) is 5.32 Å². The summed E-state index contributed by atoms with van der Waals surface area (Å²) in [6.07, 6.45) is 4.14. The molecule has 0 saturated carbocycles. The zero-order valence-corrected chi connectivity index (χ0v) is 10.4. The highest BCUT2D eigenvalue weighted by Gasteiger charge is 2.05. The van der Waals surface area contributed by atoms with Crippen LogP contribution in [-0.4, -0.2) is 42.4 Å². The Morgan fingerprint density at radius 2 is 2.20 bits per heavy atom. The largest absolute Gasteiger partial charge is 0.466 e. The van der Waals surface area contributed by atoms with Crippen molar-refractivity contribution in [3.05, 3.63) is 11.6 Å². The van der Waals surface area contributed by atoms with Crippen LogP contribution in [0.2, 0.25) is 0 Å². The van der Waals surface area contributed by atoms with Gasteiger partial charge in [-0.15, -0.1) is 0 Å². The maximum absolute atomic E-state index is 11.1. The van der Waals surface area contributed by atoms with Crippen molar-refractivity contribution in [1.29, 1.82) is 0 Å². The van der Waals surface area contributed by atoms with Crippen LogP contribution in [0.3, 0.4) is 0 Å². The van der Waals surface area contributed by atoms with E-state index < -0.39 is 10.8 Å². The summed E-state index contributed by atoms with van der Waals surface area (Å²) in [4.78, 5) is 11.1. The molecule has 88 valence electrons. The highest BCUT2D eigenvalue weighted by Crippen LogP contribution is 2.01. The second-order valence-electron chi connectivity index (χ2n) is 3.06. The number of esters is 1. The first-order chi connectivity index (χ1) is 7.11. The Hall–Kier alpha value is -0.680. The van der Waals surface area contributed by atoms with Gasteiger partial charge in [0.1, 0.15) is 0 Å². The van der Waals surface area contributed by atoms with Crippen molar-refractivity contribution >= 4 is 16.8 Å². The molecular formula is C10H19NO3S. The Labute approximate surface area is 93.5 Å². The highest BCUT2D eigenvalue weighted by atomic mass is 32.2. The lowest BCUT2D eigenvalue weighted by molar-refractivity contribution is -0.136. The molecule has 0 saturated heterocycles. The van der Waals surface area contributed by atoms with Gasteiger partial charge in [-0.1, -0.05) is 13.0 Å². The second-order valence-corrected chi connectivity index (χ2v) is 4.61. The fourth-order valence-electron chi connectivity index (χ4n) is 1.02. The topological polar surface area (TPSA) is 55.4 Å². The maximum atomic E-state index is 11.1. The third kappa shape index (κ3) is 7.27. The van der Waals surface area contributed by atoms with Gasteiger partial charge in [0.25, 0.3) is 0 Å². The molecule has 0 radical (unpaired) electrons. The van der Waals surface area contributed by atoms with E-state index in [1.165, 1.54) is 7.11 Å². The van der Waals surface area contributed by atoms with Crippen LogP contribution in [0, 0.1) is 0 Å². The summed E-state index contributed by atoms with van der Waals surface area (Å²) in [6, 6.07) is 0. The molecule has 0 spiro atoms. The van der Waals surface area contributed by atoms with Crippen LogP contribution in [0.1, 0.15) is 13.3 Å². The summed E-state index contributed by atoms with van der Waals surface area (Å²) >= 11 is 0. The molecule has 0 aromatic carbocycles. The van der Waals surface area contributed by atoms with E-state index in [2.05, 4.69) is 10.1 Å². The van der Waals surface area contributed by atoms with E-state index in [1.54, 1.807) is 6.26 Å². The molecule has 1 atom stereocenters. The van der Waals surface area contributed by atoms with Crippen LogP contribution >= 0.6 is 0 Å². The van der Waals surface area contributed by atoms with E-state index in [0.717, 1.165) is 0 Å². The molecule has 5 heteroatoms. The van der Waals surface area contributed by atoms with Crippen LogP contribution in [0.25, 0.3) is 0 Å². The zero-order valence-electron chi connectivity index (χ0n) is 9.54.